The normalized spacial score (nSPS) is 12.1. The summed E-state index contributed by atoms with van der Waals surface area (Å²) in [6.45, 7) is 3.97. The summed E-state index contributed by atoms with van der Waals surface area (Å²) in [5.74, 6) is -0.695. The number of carbonyl (C=O) groups excluding carboxylic acids is 1. The maximum Gasteiger partial charge on any atom is 0.349 e. The van der Waals surface area contributed by atoms with Crippen LogP contribution in [0.25, 0.3) is 5.57 Å². The van der Waals surface area contributed by atoms with Crippen LogP contribution in [0.1, 0.15) is 50.7 Å². The lowest BCUT2D eigenvalue weighted by Gasteiger charge is -2.24. The number of esters is 1. The fourth-order valence-electron chi connectivity index (χ4n) is 3.18. The van der Waals surface area contributed by atoms with Crippen LogP contribution in [-0.4, -0.2) is 12.6 Å². The van der Waals surface area contributed by atoms with Crippen LogP contribution in [0, 0.1) is 28.1 Å². The van der Waals surface area contributed by atoms with Crippen molar-refractivity contribution >= 4 is 11.5 Å². The van der Waals surface area contributed by atoms with E-state index in [1.165, 1.54) is 0 Å². The molecule has 29 heavy (non-hydrogen) atoms. The van der Waals surface area contributed by atoms with Crippen molar-refractivity contribution in [2.75, 3.05) is 6.61 Å². The number of nitrogens with zero attached hydrogens (tertiary/aromatic N) is 2. The summed E-state index contributed by atoms with van der Waals surface area (Å²) in [7, 11) is 0. The molecule has 0 aliphatic heterocycles. The molecule has 0 saturated carbocycles. The van der Waals surface area contributed by atoms with Crippen LogP contribution in [0.15, 0.2) is 66.2 Å². The Hall–Kier alpha value is -3.37. The van der Waals surface area contributed by atoms with Gasteiger partial charge in [0.1, 0.15) is 18.2 Å². The summed E-state index contributed by atoms with van der Waals surface area (Å²) >= 11 is 0. The van der Waals surface area contributed by atoms with E-state index < -0.39 is 11.4 Å². The molecule has 148 valence electrons. The van der Waals surface area contributed by atoms with E-state index in [2.05, 4.69) is 13.0 Å². The topological polar surface area (TPSA) is 73.9 Å². The van der Waals surface area contributed by atoms with Crippen LogP contribution >= 0.6 is 0 Å². The average Bonchev–Trinajstić information content (AvgIpc) is 2.79. The van der Waals surface area contributed by atoms with Gasteiger partial charge in [0, 0.05) is 5.57 Å². The first kappa shape index (κ1) is 21.9. The van der Waals surface area contributed by atoms with Crippen molar-refractivity contribution in [3.63, 3.8) is 0 Å². The Morgan fingerprint density at radius 3 is 1.93 bits per heavy atom. The molecular weight excluding hydrogens is 360 g/mol. The van der Waals surface area contributed by atoms with Gasteiger partial charge in [-0.25, -0.2) is 4.79 Å². The fourth-order valence-corrected chi connectivity index (χ4v) is 3.18. The number of hydrogen-bond donors (Lipinski definition) is 0. The molecule has 0 saturated heterocycles. The highest BCUT2D eigenvalue weighted by atomic mass is 16.5. The van der Waals surface area contributed by atoms with Crippen LogP contribution in [0.4, 0.5) is 0 Å². The number of benzene rings is 2. The second-order valence-corrected chi connectivity index (χ2v) is 7.02. The highest BCUT2D eigenvalue weighted by Crippen LogP contribution is 2.31. The molecule has 0 aromatic heterocycles. The second kappa shape index (κ2) is 10.8. The first-order chi connectivity index (χ1) is 14.1. The van der Waals surface area contributed by atoms with E-state index in [4.69, 9.17) is 4.74 Å². The van der Waals surface area contributed by atoms with E-state index in [1.54, 1.807) is 0 Å². The molecule has 0 heterocycles. The van der Waals surface area contributed by atoms with Crippen molar-refractivity contribution in [2.45, 2.75) is 39.5 Å². The maximum atomic E-state index is 12.9. The van der Waals surface area contributed by atoms with Crippen molar-refractivity contribution in [2.24, 2.45) is 5.41 Å². The van der Waals surface area contributed by atoms with Crippen molar-refractivity contribution in [3.05, 3.63) is 77.4 Å². The van der Waals surface area contributed by atoms with Gasteiger partial charge < -0.3 is 4.74 Å². The molecule has 0 spiro atoms. The Labute approximate surface area is 173 Å². The molecule has 0 bridgehead atoms. The molecule has 0 fully saturated rings. The van der Waals surface area contributed by atoms with Crippen LogP contribution < -0.4 is 0 Å². The van der Waals surface area contributed by atoms with E-state index >= 15 is 0 Å². The molecule has 1 unspecified atom stereocenters. The zero-order chi connectivity index (χ0) is 21.1. The van der Waals surface area contributed by atoms with Gasteiger partial charge in [-0.1, -0.05) is 87.4 Å². The van der Waals surface area contributed by atoms with Crippen LogP contribution in [0.2, 0.25) is 0 Å². The average molecular weight is 386 g/mol. The number of rotatable bonds is 9. The first-order valence-electron chi connectivity index (χ1n) is 9.94. The van der Waals surface area contributed by atoms with Gasteiger partial charge in [0.05, 0.1) is 11.5 Å². The lowest BCUT2D eigenvalue weighted by molar-refractivity contribution is -0.141. The zero-order valence-electron chi connectivity index (χ0n) is 17.0. The molecule has 0 aliphatic rings. The van der Waals surface area contributed by atoms with E-state index in [1.807, 2.05) is 73.7 Å². The molecule has 2 aromatic carbocycles. The number of hydrogen-bond acceptors (Lipinski definition) is 4. The number of unbranched alkanes of at least 4 members (excludes halogenated alkanes) is 1. The van der Waals surface area contributed by atoms with Crippen molar-refractivity contribution in [3.8, 4) is 12.1 Å². The van der Waals surface area contributed by atoms with Crippen molar-refractivity contribution < 1.29 is 9.53 Å². The Morgan fingerprint density at radius 2 is 1.52 bits per heavy atom. The smallest absolute Gasteiger partial charge is 0.349 e. The second-order valence-electron chi connectivity index (χ2n) is 7.02. The monoisotopic (exact) mass is 386 g/mol. The van der Waals surface area contributed by atoms with Crippen LogP contribution in [0.3, 0.4) is 0 Å². The van der Waals surface area contributed by atoms with E-state index in [9.17, 15) is 15.3 Å². The lowest BCUT2D eigenvalue weighted by atomic mass is 9.82. The fraction of sp³-hybridized carbons (Fsp3) is 0.320. The van der Waals surface area contributed by atoms with Gasteiger partial charge in [0.2, 0.25) is 0 Å². The molecule has 0 aliphatic carbocycles. The first-order valence-corrected chi connectivity index (χ1v) is 9.94. The van der Waals surface area contributed by atoms with Gasteiger partial charge in [-0.3, -0.25) is 0 Å². The molecule has 4 heteroatoms. The molecule has 2 aromatic rings. The zero-order valence-corrected chi connectivity index (χ0v) is 17.0. The molecule has 0 amide bonds. The summed E-state index contributed by atoms with van der Waals surface area (Å²) in [6, 6.07) is 23.0. The van der Waals surface area contributed by atoms with Gasteiger partial charge in [0.15, 0.2) is 0 Å². The Kier molecular flexibility index (Phi) is 8.19. The molecular formula is C25H26N2O2. The van der Waals surface area contributed by atoms with Gasteiger partial charge in [-0.05, 0) is 24.0 Å². The third-order valence-electron chi connectivity index (χ3n) is 5.09. The summed E-state index contributed by atoms with van der Waals surface area (Å²) in [6.07, 6.45) is 3.11. The molecule has 1 atom stereocenters. The molecule has 2 rings (SSSR count). The van der Waals surface area contributed by atoms with Gasteiger partial charge in [-0.15, -0.1) is 0 Å². The Bertz CT molecular complexity index is 879. The molecule has 4 nitrogen and oxygen atoms in total. The molecule has 0 N–H and O–H groups in total. The van der Waals surface area contributed by atoms with E-state index in [0.717, 1.165) is 24.0 Å². The molecule has 0 radical (unpaired) electrons. The predicted molar refractivity (Wildman–Crippen MR) is 113 cm³/mol. The summed E-state index contributed by atoms with van der Waals surface area (Å²) < 4.78 is 5.52. The Balaban J connectivity index is 2.41. The predicted octanol–water partition coefficient (Wildman–Crippen LogP) is 5.67. The summed E-state index contributed by atoms with van der Waals surface area (Å²) in [4.78, 5) is 12.9. The number of nitriles is 2. The van der Waals surface area contributed by atoms with E-state index in [0.29, 0.717) is 18.4 Å². The third kappa shape index (κ3) is 5.56. The SMILES string of the molecule is CCCCC(C#N)(CC)COC(=O)C(C#N)=C(c1ccccc1)c1ccccc1. The minimum absolute atomic E-state index is 0.0130. The van der Waals surface area contributed by atoms with Crippen molar-refractivity contribution in [1.82, 2.24) is 0 Å². The standard InChI is InChI=1S/C25H26N2O2/c1-3-5-16-25(4-2,18-27)19-29-24(28)22(17-26)23(20-12-8-6-9-13-20)21-14-10-7-11-15-21/h6-15H,3-5,16,19H2,1-2H3. The van der Waals surface area contributed by atoms with Gasteiger partial charge >= 0.3 is 5.97 Å². The summed E-state index contributed by atoms with van der Waals surface area (Å²) in [5.41, 5.74) is 1.29. The summed E-state index contributed by atoms with van der Waals surface area (Å²) in [5, 5.41) is 19.5. The van der Waals surface area contributed by atoms with Crippen LogP contribution in [0.5, 0.6) is 0 Å². The third-order valence-corrected chi connectivity index (χ3v) is 5.09. The highest BCUT2D eigenvalue weighted by Gasteiger charge is 2.30. The maximum absolute atomic E-state index is 12.9. The van der Waals surface area contributed by atoms with Gasteiger partial charge in [0.25, 0.3) is 0 Å². The van der Waals surface area contributed by atoms with Gasteiger partial charge in [-0.2, -0.15) is 10.5 Å². The quantitative estimate of drug-likeness (QED) is 0.316. The van der Waals surface area contributed by atoms with E-state index in [-0.39, 0.29) is 12.2 Å². The largest absolute Gasteiger partial charge is 0.460 e. The van der Waals surface area contributed by atoms with Crippen molar-refractivity contribution in [1.29, 1.82) is 10.5 Å². The Morgan fingerprint density at radius 1 is 0.966 bits per heavy atom. The lowest BCUT2D eigenvalue weighted by Crippen LogP contribution is -2.27. The minimum Gasteiger partial charge on any atom is -0.460 e. The number of carbonyl (C=O) groups is 1. The van der Waals surface area contributed by atoms with Crippen LogP contribution in [-0.2, 0) is 9.53 Å². The highest BCUT2D eigenvalue weighted by molar-refractivity contribution is 6.05. The minimum atomic E-state index is -0.716. The number of ether oxygens (including phenoxy) is 1.